The van der Waals surface area contributed by atoms with Gasteiger partial charge in [0.05, 0.1) is 14.2 Å². The van der Waals surface area contributed by atoms with Gasteiger partial charge in [-0.15, -0.1) is 5.10 Å². The van der Waals surface area contributed by atoms with E-state index < -0.39 is 11.9 Å². The van der Waals surface area contributed by atoms with E-state index in [9.17, 15) is 14.4 Å². The van der Waals surface area contributed by atoms with Gasteiger partial charge in [-0.05, 0) is 43.5 Å². The number of aromatic nitrogens is 3. The summed E-state index contributed by atoms with van der Waals surface area (Å²) in [6, 6.07) is 3.72. The maximum Gasteiger partial charge on any atom is 0.361 e. The number of carbonyl (C=O) groups is 3. The number of rotatable bonds is 5. The zero-order chi connectivity index (χ0) is 18.7. The Morgan fingerprint density at radius 1 is 0.960 bits per heavy atom. The minimum absolute atomic E-state index is 0.218. The second-order valence-electron chi connectivity index (χ2n) is 5.60. The Labute approximate surface area is 144 Å². The van der Waals surface area contributed by atoms with Crippen LogP contribution < -0.4 is 0 Å². The van der Waals surface area contributed by atoms with Crippen LogP contribution in [-0.2, 0) is 16.0 Å². The smallest absolute Gasteiger partial charge is 0.361 e. The molecule has 2 rings (SSSR count). The number of nitrogens with zero attached hydrogens (tertiary/aromatic N) is 3. The number of benzene rings is 1. The monoisotopic (exact) mass is 345 g/mol. The molecule has 1 aromatic heterocycles. The van der Waals surface area contributed by atoms with Crippen molar-refractivity contribution < 1.29 is 23.9 Å². The Kier molecular flexibility index (Phi) is 5.31. The fraction of sp³-hybridized carbons (Fsp3) is 0.353. The lowest BCUT2D eigenvalue weighted by Crippen LogP contribution is -2.20. The molecule has 1 aromatic carbocycles. The Morgan fingerprint density at radius 2 is 1.56 bits per heavy atom. The van der Waals surface area contributed by atoms with Gasteiger partial charge in [-0.25, -0.2) is 14.3 Å². The molecule has 0 radical (unpaired) electrons. The molecule has 25 heavy (non-hydrogen) atoms. The van der Waals surface area contributed by atoms with Crippen molar-refractivity contribution >= 4 is 17.7 Å². The average Bonchev–Trinajstić information content (AvgIpc) is 3.00. The minimum Gasteiger partial charge on any atom is -0.464 e. The van der Waals surface area contributed by atoms with Crippen molar-refractivity contribution in [1.29, 1.82) is 0 Å². The van der Waals surface area contributed by atoms with E-state index in [2.05, 4.69) is 19.8 Å². The van der Waals surface area contributed by atoms with Crippen molar-refractivity contribution in [2.75, 3.05) is 14.2 Å². The number of aryl methyl sites for hydroxylation is 3. The van der Waals surface area contributed by atoms with E-state index in [-0.39, 0.29) is 23.7 Å². The Bertz CT molecular complexity index is 854. The molecule has 0 aliphatic heterocycles. The van der Waals surface area contributed by atoms with Crippen LogP contribution >= 0.6 is 0 Å². The highest BCUT2D eigenvalue weighted by Crippen LogP contribution is 2.17. The maximum absolute atomic E-state index is 12.7. The summed E-state index contributed by atoms with van der Waals surface area (Å²) in [6.45, 7) is 5.46. The van der Waals surface area contributed by atoms with Crippen LogP contribution in [0, 0.1) is 20.8 Å². The van der Waals surface area contributed by atoms with Crippen LogP contribution in [0.2, 0.25) is 0 Å². The SMILES string of the molecule is COC(=O)c1nnn(CC(=O)c2cc(C)c(C)cc2C)c1C(=O)OC. The normalized spacial score (nSPS) is 10.4. The number of methoxy groups -OCH3 is 2. The molecule has 0 atom stereocenters. The van der Waals surface area contributed by atoms with Crippen LogP contribution in [0.3, 0.4) is 0 Å². The van der Waals surface area contributed by atoms with Crippen LogP contribution in [0.4, 0.5) is 0 Å². The van der Waals surface area contributed by atoms with E-state index in [1.54, 1.807) is 6.07 Å². The van der Waals surface area contributed by atoms with Crippen LogP contribution in [0.15, 0.2) is 12.1 Å². The molecule has 8 heteroatoms. The Hall–Kier alpha value is -3.03. The van der Waals surface area contributed by atoms with Gasteiger partial charge in [-0.3, -0.25) is 4.79 Å². The predicted molar refractivity (Wildman–Crippen MR) is 87.7 cm³/mol. The molecule has 132 valence electrons. The third kappa shape index (κ3) is 3.57. The van der Waals surface area contributed by atoms with Gasteiger partial charge in [0.15, 0.2) is 11.5 Å². The van der Waals surface area contributed by atoms with Crippen molar-refractivity contribution in [1.82, 2.24) is 15.0 Å². The highest BCUT2D eigenvalue weighted by Gasteiger charge is 2.28. The summed E-state index contributed by atoms with van der Waals surface area (Å²) >= 11 is 0. The van der Waals surface area contributed by atoms with Gasteiger partial charge in [-0.2, -0.15) is 0 Å². The summed E-state index contributed by atoms with van der Waals surface area (Å²) < 4.78 is 10.3. The molecule has 0 saturated heterocycles. The highest BCUT2D eigenvalue weighted by atomic mass is 16.5. The van der Waals surface area contributed by atoms with E-state index in [4.69, 9.17) is 0 Å². The predicted octanol–water partition coefficient (Wildman–Crippen LogP) is 1.66. The zero-order valence-electron chi connectivity index (χ0n) is 14.7. The first-order valence-electron chi connectivity index (χ1n) is 7.51. The molecule has 2 aromatic rings. The quantitative estimate of drug-likeness (QED) is 0.600. The average molecular weight is 345 g/mol. The van der Waals surface area contributed by atoms with Crippen molar-refractivity contribution in [3.8, 4) is 0 Å². The number of carbonyl (C=O) groups excluding carboxylic acids is 3. The van der Waals surface area contributed by atoms with Crippen LogP contribution in [-0.4, -0.2) is 46.9 Å². The molecule has 1 heterocycles. The van der Waals surface area contributed by atoms with E-state index in [1.807, 2.05) is 26.8 Å². The number of ether oxygens (including phenoxy) is 2. The number of esters is 2. The lowest BCUT2D eigenvalue weighted by atomic mass is 9.98. The molecule has 0 amide bonds. The van der Waals surface area contributed by atoms with Crippen LogP contribution in [0.25, 0.3) is 0 Å². The maximum atomic E-state index is 12.7. The second kappa shape index (κ2) is 7.25. The highest BCUT2D eigenvalue weighted by molar-refractivity contribution is 6.02. The molecule has 0 aliphatic rings. The molecular weight excluding hydrogens is 326 g/mol. The van der Waals surface area contributed by atoms with Crippen molar-refractivity contribution in [2.45, 2.75) is 27.3 Å². The van der Waals surface area contributed by atoms with E-state index in [0.717, 1.165) is 35.6 Å². The van der Waals surface area contributed by atoms with Crippen LogP contribution in [0.5, 0.6) is 0 Å². The van der Waals surface area contributed by atoms with Crippen LogP contribution in [0.1, 0.15) is 48.0 Å². The van der Waals surface area contributed by atoms with Gasteiger partial charge in [-0.1, -0.05) is 11.3 Å². The van der Waals surface area contributed by atoms with E-state index in [0.29, 0.717) is 5.56 Å². The third-order valence-corrected chi connectivity index (χ3v) is 3.93. The molecule has 0 bridgehead atoms. The molecule has 8 nitrogen and oxygen atoms in total. The van der Waals surface area contributed by atoms with Crippen molar-refractivity contribution in [2.24, 2.45) is 0 Å². The fourth-order valence-electron chi connectivity index (χ4n) is 2.44. The topological polar surface area (TPSA) is 100 Å². The number of hydrogen-bond acceptors (Lipinski definition) is 7. The summed E-state index contributed by atoms with van der Waals surface area (Å²) in [5.41, 5.74) is 2.90. The fourth-order valence-corrected chi connectivity index (χ4v) is 2.44. The molecule has 0 fully saturated rings. The lowest BCUT2D eigenvalue weighted by Gasteiger charge is -2.10. The van der Waals surface area contributed by atoms with Gasteiger partial charge in [0.2, 0.25) is 5.69 Å². The first-order valence-corrected chi connectivity index (χ1v) is 7.51. The van der Waals surface area contributed by atoms with E-state index in [1.165, 1.54) is 0 Å². The molecule has 0 aliphatic carbocycles. The summed E-state index contributed by atoms with van der Waals surface area (Å²) in [7, 11) is 2.32. The first kappa shape index (κ1) is 18.3. The second-order valence-corrected chi connectivity index (χ2v) is 5.60. The third-order valence-electron chi connectivity index (χ3n) is 3.93. The van der Waals surface area contributed by atoms with Gasteiger partial charge in [0.25, 0.3) is 0 Å². The zero-order valence-corrected chi connectivity index (χ0v) is 14.7. The Morgan fingerprint density at radius 3 is 2.16 bits per heavy atom. The molecule has 0 unspecified atom stereocenters. The summed E-state index contributed by atoms with van der Waals surface area (Å²) in [4.78, 5) is 36.4. The largest absolute Gasteiger partial charge is 0.464 e. The standard InChI is InChI=1S/C17H19N3O5/c1-9-6-11(3)12(7-10(9)2)13(21)8-20-15(17(23)25-5)14(18-19-20)16(22)24-4/h6-7H,8H2,1-5H3. The number of hydrogen-bond donors (Lipinski definition) is 0. The molecule has 0 N–H and O–H groups in total. The van der Waals surface area contributed by atoms with E-state index >= 15 is 0 Å². The number of Topliss-reactive ketones (excluding diaryl/α,β-unsaturated/α-hetero) is 1. The number of ketones is 1. The van der Waals surface area contributed by atoms with Gasteiger partial charge in [0, 0.05) is 5.56 Å². The Balaban J connectivity index is 2.42. The van der Waals surface area contributed by atoms with Gasteiger partial charge in [0.1, 0.15) is 6.54 Å². The van der Waals surface area contributed by atoms with Gasteiger partial charge >= 0.3 is 11.9 Å². The minimum atomic E-state index is -0.832. The first-order chi connectivity index (χ1) is 11.8. The molecular formula is C17H19N3O5. The summed E-state index contributed by atoms with van der Waals surface area (Å²) in [6.07, 6.45) is 0. The van der Waals surface area contributed by atoms with Crippen molar-refractivity contribution in [3.05, 3.63) is 45.8 Å². The van der Waals surface area contributed by atoms with Crippen molar-refractivity contribution in [3.63, 3.8) is 0 Å². The summed E-state index contributed by atoms with van der Waals surface area (Å²) in [5, 5.41) is 7.38. The molecule has 0 spiro atoms. The summed E-state index contributed by atoms with van der Waals surface area (Å²) in [5.74, 6) is -1.91. The van der Waals surface area contributed by atoms with Gasteiger partial charge < -0.3 is 9.47 Å². The lowest BCUT2D eigenvalue weighted by molar-refractivity contribution is 0.0543. The molecule has 0 saturated carbocycles.